The van der Waals surface area contributed by atoms with Crippen molar-refractivity contribution in [2.75, 3.05) is 23.7 Å². The molecule has 1 saturated heterocycles. The van der Waals surface area contributed by atoms with Gasteiger partial charge in [0, 0.05) is 49.1 Å². The number of fused-ring (bicyclic) bond motifs is 1. The van der Waals surface area contributed by atoms with Gasteiger partial charge >= 0.3 is 0 Å². The number of imide groups is 1. The van der Waals surface area contributed by atoms with E-state index in [2.05, 4.69) is 25.9 Å². The highest BCUT2D eigenvalue weighted by molar-refractivity contribution is 6.28. The van der Waals surface area contributed by atoms with Crippen LogP contribution < -0.4 is 16.0 Å². The van der Waals surface area contributed by atoms with Gasteiger partial charge in [-0.05, 0) is 36.2 Å². The van der Waals surface area contributed by atoms with E-state index in [-0.39, 0.29) is 23.5 Å². The Morgan fingerprint density at radius 3 is 2.79 bits per heavy atom. The highest BCUT2D eigenvalue weighted by atomic mass is 35.5. The van der Waals surface area contributed by atoms with E-state index in [1.807, 2.05) is 12.1 Å². The Bertz CT molecular complexity index is 982. The maximum absolute atomic E-state index is 12.8. The number of nitrogens with one attached hydrogen (secondary N) is 3. The van der Waals surface area contributed by atoms with Crippen LogP contribution in [0.15, 0.2) is 30.5 Å². The molecule has 10 heteroatoms. The number of amides is 3. The van der Waals surface area contributed by atoms with Crippen LogP contribution in [-0.4, -0.2) is 51.7 Å². The van der Waals surface area contributed by atoms with Gasteiger partial charge in [0.1, 0.15) is 11.9 Å². The molecule has 3 heterocycles. The van der Waals surface area contributed by atoms with Crippen LogP contribution in [0.3, 0.4) is 0 Å². The van der Waals surface area contributed by atoms with Crippen molar-refractivity contribution < 1.29 is 14.4 Å². The lowest BCUT2D eigenvalue weighted by Crippen LogP contribution is -2.52. The zero-order chi connectivity index (χ0) is 20.4. The van der Waals surface area contributed by atoms with E-state index < -0.39 is 11.9 Å². The molecule has 0 aliphatic carbocycles. The van der Waals surface area contributed by atoms with Crippen molar-refractivity contribution >= 4 is 40.8 Å². The Morgan fingerprint density at radius 2 is 2.00 bits per heavy atom. The monoisotopic (exact) mass is 414 g/mol. The molecule has 2 aliphatic heterocycles. The van der Waals surface area contributed by atoms with Crippen LogP contribution in [0.1, 0.15) is 28.8 Å². The number of carbonyl (C=O) groups excluding carboxylic acids is 3. The normalized spacial score (nSPS) is 18.4. The first kappa shape index (κ1) is 19.1. The molecule has 1 fully saturated rings. The minimum absolute atomic E-state index is 0.177. The number of halogens is 1. The van der Waals surface area contributed by atoms with Crippen LogP contribution >= 0.6 is 11.6 Å². The summed E-state index contributed by atoms with van der Waals surface area (Å²) in [6.45, 7) is 1.51. The first-order chi connectivity index (χ1) is 14.0. The van der Waals surface area contributed by atoms with E-state index in [4.69, 9.17) is 11.6 Å². The summed E-state index contributed by atoms with van der Waals surface area (Å²) < 4.78 is 0. The van der Waals surface area contributed by atoms with Gasteiger partial charge < -0.3 is 15.5 Å². The Hall–Kier alpha value is -3.20. The minimum Gasteiger partial charge on any atom is -0.383 e. The molecule has 4 rings (SSSR count). The summed E-state index contributed by atoms with van der Waals surface area (Å²) in [5, 5.41) is 8.95. The molecule has 2 aromatic rings. The number of hydrogen-bond donors (Lipinski definition) is 3. The van der Waals surface area contributed by atoms with E-state index in [9.17, 15) is 14.4 Å². The van der Waals surface area contributed by atoms with Crippen molar-refractivity contribution in [3.8, 4) is 0 Å². The summed E-state index contributed by atoms with van der Waals surface area (Å²) in [5.41, 5.74) is 2.27. The third-order valence-corrected chi connectivity index (χ3v) is 5.14. The smallest absolute Gasteiger partial charge is 0.255 e. The maximum atomic E-state index is 12.8. The topological polar surface area (TPSA) is 116 Å². The van der Waals surface area contributed by atoms with E-state index in [0.717, 1.165) is 11.3 Å². The Kier molecular flexibility index (Phi) is 5.30. The predicted molar refractivity (Wildman–Crippen MR) is 107 cm³/mol. The van der Waals surface area contributed by atoms with Gasteiger partial charge in [0.15, 0.2) is 0 Å². The molecule has 1 unspecified atom stereocenters. The molecule has 9 nitrogen and oxygen atoms in total. The molecule has 3 N–H and O–H groups in total. The van der Waals surface area contributed by atoms with Crippen molar-refractivity contribution in [3.05, 3.63) is 46.9 Å². The first-order valence-electron chi connectivity index (χ1n) is 9.26. The number of carbonyl (C=O) groups is 3. The average molecular weight is 415 g/mol. The molecule has 1 aromatic carbocycles. The molecule has 0 spiro atoms. The SMILES string of the molecule is O=C1CCC(N2Cc3c(NCCNc4ccnc(Cl)n4)cccc3C2=O)C(=O)N1. The highest BCUT2D eigenvalue weighted by Crippen LogP contribution is 2.32. The van der Waals surface area contributed by atoms with Crippen molar-refractivity contribution in [3.63, 3.8) is 0 Å². The largest absolute Gasteiger partial charge is 0.383 e. The minimum atomic E-state index is -0.621. The van der Waals surface area contributed by atoms with Gasteiger partial charge in [-0.2, -0.15) is 0 Å². The highest BCUT2D eigenvalue weighted by Gasteiger charge is 2.39. The number of rotatable bonds is 6. The average Bonchev–Trinajstić information content (AvgIpc) is 3.03. The second-order valence-corrected chi connectivity index (χ2v) is 7.13. The van der Waals surface area contributed by atoms with Crippen molar-refractivity contribution in [2.45, 2.75) is 25.4 Å². The van der Waals surface area contributed by atoms with Crippen LogP contribution in [0.2, 0.25) is 5.28 Å². The quantitative estimate of drug-likeness (QED) is 0.372. The lowest BCUT2D eigenvalue weighted by Gasteiger charge is -2.29. The van der Waals surface area contributed by atoms with Gasteiger partial charge in [0.2, 0.25) is 17.1 Å². The molecule has 0 radical (unpaired) electrons. The third kappa shape index (κ3) is 4.00. The fourth-order valence-electron chi connectivity index (χ4n) is 3.57. The third-order valence-electron chi connectivity index (χ3n) is 4.95. The summed E-state index contributed by atoms with van der Waals surface area (Å²) in [5.74, 6) is -0.268. The summed E-state index contributed by atoms with van der Waals surface area (Å²) in [6.07, 6.45) is 2.16. The molecule has 2 aliphatic rings. The number of benzene rings is 1. The molecule has 0 bridgehead atoms. The number of anilines is 2. The first-order valence-corrected chi connectivity index (χ1v) is 9.63. The van der Waals surface area contributed by atoms with E-state index in [1.54, 1.807) is 23.2 Å². The molecule has 1 atom stereocenters. The van der Waals surface area contributed by atoms with Gasteiger partial charge in [-0.25, -0.2) is 9.97 Å². The zero-order valence-corrected chi connectivity index (χ0v) is 16.2. The van der Waals surface area contributed by atoms with Crippen molar-refractivity contribution in [2.24, 2.45) is 0 Å². The summed E-state index contributed by atoms with van der Waals surface area (Å²) in [4.78, 5) is 45.8. The van der Waals surface area contributed by atoms with Crippen LogP contribution in [0.25, 0.3) is 0 Å². The van der Waals surface area contributed by atoms with Crippen LogP contribution in [0.4, 0.5) is 11.5 Å². The van der Waals surface area contributed by atoms with Gasteiger partial charge in [0.25, 0.3) is 5.91 Å². The van der Waals surface area contributed by atoms with Crippen LogP contribution in [-0.2, 0) is 16.1 Å². The van der Waals surface area contributed by atoms with Crippen molar-refractivity contribution in [1.82, 2.24) is 20.2 Å². The fraction of sp³-hybridized carbons (Fsp3) is 0.316. The van der Waals surface area contributed by atoms with Gasteiger partial charge in [0.05, 0.1) is 0 Å². The maximum Gasteiger partial charge on any atom is 0.255 e. The van der Waals surface area contributed by atoms with E-state index in [1.165, 1.54) is 0 Å². The number of piperidine rings is 1. The van der Waals surface area contributed by atoms with E-state index >= 15 is 0 Å². The second kappa shape index (κ2) is 8.04. The molecule has 3 amide bonds. The Labute approximate surface area is 171 Å². The molecule has 1 aromatic heterocycles. The van der Waals surface area contributed by atoms with Crippen LogP contribution in [0.5, 0.6) is 0 Å². The molecule has 0 saturated carbocycles. The lowest BCUT2D eigenvalue weighted by molar-refractivity contribution is -0.136. The molecular weight excluding hydrogens is 396 g/mol. The van der Waals surface area contributed by atoms with Gasteiger partial charge in [-0.3, -0.25) is 19.7 Å². The number of aromatic nitrogens is 2. The lowest BCUT2D eigenvalue weighted by atomic mass is 10.0. The van der Waals surface area contributed by atoms with Crippen molar-refractivity contribution in [1.29, 1.82) is 0 Å². The van der Waals surface area contributed by atoms with Gasteiger partial charge in [-0.1, -0.05) is 6.07 Å². The summed E-state index contributed by atoms with van der Waals surface area (Å²) in [7, 11) is 0. The molecule has 29 heavy (non-hydrogen) atoms. The zero-order valence-electron chi connectivity index (χ0n) is 15.4. The van der Waals surface area contributed by atoms with E-state index in [0.29, 0.717) is 37.4 Å². The Morgan fingerprint density at radius 1 is 1.17 bits per heavy atom. The Balaban J connectivity index is 1.40. The number of hydrogen-bond acceptors (Lipinski definition) is 7. The predicted octanol–water partition coefficient (Wildman–Crippen LogP) is 1.41. The standard InChI is InChI=1S/C19H19ClN6O3/c20-19-23-7-6-15(24-19)22-9-8-21-13-3-1-2-11-12(13)10-26(18(11)29)14-4-5-16(27)25-17(14)28/h1-3,6-7,14,21H,4-5,8-10H2,(H,22,23,24)(H,25,27,28). The summed E-state index contributed by atoms with van der Waals surface area (Å²) >= 11 is 5.77. The molecular formula is C19H19ClN6O3. The molecule has 150 valence electrons. The van der Waals surface area contributed by atoms with Crippen LogP contribution in [0, 0.1) is 0 Å². The second-order valence-electron chi connectivity index (χ2n) is 6.80. The fourth-order valence-corrected chi connectivity index (χ4v) is 3.72. The number of nitrogens with zero attached hydrogens (tertiary/aromatic N) is 3. The van der Waals surface area contributed by atoms with Gasteiger partial charge in [-0.15, -0.1) is 0 Å². The summed E-state index contributed by atoms with van der Waals surface area (Å²) in [6, 6.07) is 6.58.